The van der Waals surface area contributed by atoms with E-state index < -0.39 is 0 Å². The number of hydrogen-bond donors (Lipinski definition) is 2. The summed E-state index contributed by atoms with van der Waals surface area (Å²) in [4.78, 5) is 0. The van der Waals surface area contributed by atoms with Crippen molar-refractivity contribution in [2.24, 2.45) is 11.7 Å². The Morgan fingerprint density at radius 3 is 2.53 bits per heavy atom. The molecule has 1 aromatic carbocycles. The number of hydrogen-bond acceptors (Lipinski definition) is 3. The van der Waals surface area contributed by atoms with Crippen molar-refractivity contribution in [3.05, 3.63) is 34.9 Å². The third-order valence-corrected chi connectivity index (χ3v) is 4.80. The molecule has 17 heavy (non-hydrogen) atoms. The Balaban J connectivity index is 1.84. The number of benzene rings is 1. The molecule has 1 saturated carbocycles. The van der Waals surface area contributed by atoms with Gasteiger partial charge < -0.3 is 10.8 Å². The Hall–Kier alpha value is -0.220. The van der Waals surface area contributed by atoms with E-state index in [2.05, 4.69) is 0 Å². The molecule has 0 aliphatic heterocycles. The van der Waals surface area contributed by atoms with E-state index >= 15 is 0 Å². The molecular weight excluding hydrogens is 254 g/mol. The first-order valence-corrected chi connectivity index (χ1v) is 7.36. The number of halogens is 1. The van der Waals surface area contributed by atoms with Crippen molar-refractivity contribution in [3.8, 4) is 0 Å². The number of aliphatic hydroxyl groups is 1. The maximum Gasteiger partial charge on any atom is 0.0565 e. The maximum absolute atomic E-state index is 9.37. The highest BCUT2D eigenvalue weighted by Crippen LogP contribution is 2.36. The van der Waals surface area contributed by atoms with Gasteiger partial charge in [0.05, 0.1) is 6.61 Å². The van der Waals surface area contributed by atoms with Gasteiger partial charge in [0.2, 0.25) is 0 Å². The molecule has 0 aromatic heterocycles. The fourth-order valence-corrected chi connectivity index (χ4v) is 3.13. The van der Waals surface area contributed by atoms with Gasteiger partial charge in [-0.05, 0) is 36.5 Å². The Morgan fingerprint density at radius 2 is 2.00 bits per heavy atom. The second-order valence-corrected chi connectivity index (χ2v) is 6.24. The molecule has 1 fully saturated rings. The van der Waals surface area contributed by atoms with Gasteiger partial charge in [-0.15, -0.1) is 11.8 Å². The minimum Gasteiger partial charge on any atom is -0.395 e. The number of thioether (sulfide) groups is 1. The summed E-state index contributed by atoms with van der Waals surface area (Å²) in [5.74, 6) is 1.51. The molecule has 2 nitrogen and oxygen atoms in total. The molecule has 0 saturated heterocycles. The molecule has 1 aliphatic carbocycles. The normalized spacial score (nSPS) is 19.0. The van der Waals surface area contributed by atoms with E-state index in [1.165, 1.54) is 18.4 Å². The monoisotopic (exact) mass is 271 g/mol. The van der Waals surface area contributed by atoms with Crippen LogP contribution in [0.2, 0.25) is 5.02 Å². The standard InChI is InChI=1S/C13H18ClNOS/c14-11-5-1-9(2-6-11)8-17-12(7-16)13(15)10-3-4-10/h1-2,5-6,10,12-13,16H,3-4,7-8,15H2. The highest BCUT2D eigenvalue weighted by molar-refractivity contribution is 7.99. The van der Waals surface area contributed by atoms with Gasteiger partial charge in [0.15, 0.2) is 0 Å². The lowest BCUT2D eigenvalue weighted by Crippen LogP contribution is -2.37. The van der Waals surface area contributed by atoms with E-state index in [0.29, 0.717) is 5.92 Å². The molecule has 0 spiro atoms. The van der Waals surface area contributed by atoms with Crippen molar-refractivity contribution in [3.63, 3.8) is 0 Å². The molecular formula is C13H18ClNOS. The fraction of sp³-hybridized carbons (Fsp3) is 0.538. The van der Waals surface area contributed by atoms with Crippen LogP contribution in [0, 0.1) is 5.92 Å². The average Bonchev–Trinajstić information content (AvgIpc) is 3.16. The van der Waals surface area contributed by atoms with Crippen molar-refractivity contribution in [1.29, 1.82) is 0 Å². The summed E-state index contributed by atoms with van der Waals surface area (Å²) in [6, 6.07) is 7.97. The van der Waals surface area contributed by atoms with Crippen LogP contribution in [0.3, 0.4) is 0 Å². The number of nitrogens with two attached hydrogens (primary N) is 1. The molecule has 4 heteroatoms. The zero-order valence-electron chi connectivity index (χ0n) is 9.68. The first-order chi connectivity index (χ1) is 8.20. The van der Waals surface area contributed by atoms with Crippen molar-refractivity contribution in [2.75, 3.05) is 6.61 Å². The third-order valence-electron chi connectivity index (χ3n) is 3.15. The predicted octanol–water partition coefficient (Wildman–Crippen LogP) is 2.67. The molecule has 0 heterocycles. The van der Waals surface area contributed by atoms with Crippen LogP contribution in [0.25, 0.3) is 0 Å². The fourth-order valence-electron chi connectivity index (χ4n) is 1.85. The lowest BCUT2D eigenvalue weighted by Gasteiger charge is -2.21. The zero-order valence-corrected chi connectivity index (χ0v) is 11.3. The lowest BCUT2D eigenvalue weighted by molar-refractivity contribution is 0.277. The van der Waals surface area contributed by atoms with Gasteiger partial charge in [-0.1, -0.05) is 23.7 Å². The molecule has 2 atom stereocenters. The smallest absolute Gasteiger partial charge is 0.0565 e. The van der Waals surface area contributed by atoms with E-state index in [0.717, 1.165) is 10.8 Å². The van der Waals surface area contributed by atoms with Crippen LogP contribution in [0.5, 0.6) is 0 Å². The van der Waals surface area contributed by atoms with Crippen LogP contribution in [-0.4, -0.2) is 23.0 Å². The Labute approximate surface area is 112 Å². The van der Waals surface area contributed by atoms with Crippen molar-refractivity contribution in [2.45, 2.75) is 29.9 Å². The highest BCUT2D eigenvalue weighted by Gasteiger charge is 2.33. The van der Waals surface area contributed by atoms with Crippen molar-refractivity contribution in [1.82, 2.24) is 0 Å². The van der Waals surface area contributed by atoms with Gasteiger partial charge in [-0.25, -0.2) is 0 Å². The minimum absolute atomic E-state index is 0.136. The minimum atomic E-state index is 0.136. The molecule has 0 amide bonds. The van der Waals surface area contributed by atoms with E-state index in [-0.39, 0.29) is 17.9 Å². The van der Waals surface area contributed by atoms with Crippen LogP contribution in [0.4, 0.5) is 0 Å². The predicted molar refractivity (Wildman–Crippen MR) is 74.3 cm³/mol. The van der Waals surface area contributed by atoms with Gasteiger partial charge in [0, 0.05) is 22.1 Å². The SMILES string of the molecule is NC(C1CC1)C(CO)SCc1ccc(Cl)cc1. The molecule has 94 valence electrons. The molecule has 1 aliphatic rings. The highest BCUT2D eigenvalue weighted by atomic mass is 35.5. The summed E-state index contributed by atoms with van der Waals surface area (Å²) in [7, 11) is 0. The van der Waals surface area contributed by atoms with Crippen LogP contribution >= 0.6 is 23.4 Å². The average molecular weight is 272 g/mol. The number of aliphatic hydroxyl groups excluding tert-OH is 1. The second-order valence-electron chi connectivity index (χ2n) is 4.57. The van der Waals surface area contributed by atoms with Gasteiger partial charge in [-0.2, -0.15) is 0 Å². The summed E-state index contributed by atoms with van der Waals surface area (Å²) >= 11 is 7.57. The van der Waals surface area contributed by atoms with Crippen LogP contribution in [0.1, 0.15) is 18.4 Å². The van der Waals surface area contributed by atoms with E-state index in [4.69, 9.17) is 17.3 Å². The third kappa shape index (κ3) is 3.88. The van der Waals surface area contributed by atoms with Crippen LogP contribution < -0.4 is 5.73 Å². The molecule has 2 rings (SSSR count). The zero-order chi connectivity index (χ0) is 12.3. The molecule has 0 radical (unpaired) electrons. The van der Waals surface area contributed by atoms with Gasteiger partial charge >= 0.3 is 0 Å². The molecule has 0 bridgehead atoms. The second kappa shape index (κ2) is 6.10. The van der Waals surface area contributed by atoms with Gasteiger partial charge in [0.1, 0.15) is 0 Å². The Bertz CT molecular complexity index is 353. The topological polar surface area (TPSA) is 46.2 Å². The molecule has 2 unspecified atom stereocenters. The quantitative estimate of drug-likeness (QED) is 0.836. The van der Waals surface area contributed by atoms with E-state index in [9.17, 15) is 5.11 Å². The summed E-state index contributed by atoms with van der Waals surface area (Å²) in [5.41, 5.74) is 7.34. The van der Waals surface area contributed by atoms with E-state index in [1.807, 2.05) is 24.3 Å². The molecule has 3 N–H and O–H groups in total. The lowest BCUT2D eigenvalue weighted by atomic mass is 10.1. The first-order valence-electron chi connectivity index (χ1n) is 5.93. The largest absolute Gasteiger partial charge is 0.395 e. The van der Waals surface area contributed by atoms with Crippen molar-refractivity contribution >= 4 is 23.4 Å². The van der Waals surface area contributed by atoms with Crippen molar-refractivity contribution < 1.29 is 5.11 Å². The maximum atomic E-state index is 9.37. The molecule has 1 aromatic rings. The van der Waals surface area contributed by atoms with Gasteiger partial charge in [0.25, 0.3) is 0 Å². The first kappa shape index (κ1) is 13.2. The summed E-state index contributed by atoms with van der Waals surface area (Å²) in [5, 5.41) is 10.3. The van der Waals surface area contributed by atoms with Crippen LogP contribution in [-0.2, 0) is 5.75 Å². The number of rotatable bonds is 6. The van der Waals surface area contributed by atoms with E-state index in [1.54, 1.807) is 11.8 Å². The van der Waals surface area contributed by atoms with Gasteiger partial charge in [-0.3, -0.25) is 0 Å². The Morgan fingerprint density at radius 1 is 1.35 bits per heavy atom. The Kier molecular flexibility index (Phi) is 4.74. The van der Waals surface area contributed by atoms with Crippen LogP contribution in [0.15, 0.2) is 24.3 Å². The summed E-state index contributed by atoms with van der Waals surface area (Å²) < 4.78 is 0. The summed E-state index contributed by atoms with van der Waals surface area (Å²) in [6.07, 6.45) is 2.44. The summed E-state index contributed by atoms with van der Waals surface area (Å²) in [6.45, 7) is 0.163.